The Balaban J connectivity index is 1.58. The molecule has 0 spiro atoms. The first kappa shape index (κ1) is 24.3. The van der Waals surface area contributed by atoms with Gasteiger partial charge in [0.2, 0.25) is 5.91 Å². The van der Waals surface area contributed by atoms with E-state index in [4.69, 9.17) is 0 Å². The molecule has 0 saturated heterocycles. The number of aromatic nitrogens is 2. The first-order valence-corrected chi connectivity index (χ1v) is 13.1. The van der Waals surface area contributed by atoms with Gasteiger partial charge in [0.05, 0.1) is 18.5 Å². The molecule has 0 atom stereocenters. The number of benzene rings is 2. The molecular weight excluding hydrogens is 477 g/mol. The first-order valence-electron chi connectivity index (χ1n) is 12.2. The number of nitrogens with zero attached hydrogens (tertiary/aromatic N) is 3. The van der Waals surface area contributed by atoms with Crippen LogP contribution >= 0.6 is 11.3 Å². The van der Waals surface area contributed by atoms with E-state index in [9.17, 15) is 19.1 Å². The maximum atomic E-state index is 13.9. The normalized spacial score (nSPS) is 14.3. The lowest BCUT2D eigenvalue weighted by atomic mass is 9.94. The zero-order valence-electron chi connectivity index (χ0n) is 20.1. The van der Waals surface area contributed by atoms with Crippen LogP contribution in [-0.4, -0.2) is 32.5 Å². The summed E-state index contributed by atoms with van der Waals surface area (Å²) >= 11 is 1.46. The predicted octanol–water partition coefficient (Wildman–Crippen LogP) is 5.63. The smallest absolute Gasteiger partial charge is 0.262 e. The van der Waals surface area contributed by atoms with Gasteiger partial charge < -0.3 is 5.11 Å². The molecule has 1 aliphatic rings. The fourth-order valence-corrected chi connectivity index (χ4v) is 5.94. The minimum Gasteiger partial charge on any atom is -0.392 e. The van der Waals surface area contributed by atoms with E-state index in [0.29, 0.717) is 27.5 Å². The molecule has 1 amide bonds. The van der Waals surface area contributed by atoms with Crippen LogP contribution in [0, 0.1) is 12.7 Å². The molecule has 4 aromatic rings. The van der Waals surface area contributed by atoms with Crippen molar-refractivity contribution in [2.24, 2.45) is 0 Å². The minimum absolute atomic E-state index is 0.0531. The molecule has 1 fully saturated rings. The predicted molar refractivity (Wildman–Crippen MR) is 139 cm³/mol. The summed E-state index contributed by atoms with van der Waals surface area (Å²) in [7, 11) is 0. The zero-order valence-corrected chi connectivity index (χ0v) is 20.9. The Morgan fingerprint density at radius 2 is 1.89 bits per heavy atom. The van der Waals surface area contributed by atoms with Crippen molar-refractivity contribution in [2.75, 3.05) is 4.90 Å². The van der Waals surface area contributed by atoms with Crippen molar-refractivity contribution in [3.05, 3.63) is 82.2 Å². The van der Waals surface area contributed by atoms with E-state index in [0.717, 1.165) is 36.6 Å². The van der Waals surface area contributed by atoms with Crippen LogP contribution in [0.2, 0.25) is 0 Å². The lowest BCUT2D eigenvalue weighted by molar-refractivity contribution is -0.118. The second-order valence-electron chi connectivity index (χ2n) is 9.27. The van der Waals surface area contributed by atoms with Crippen LogP contribution in [0.15, 0.2) is 54.0 Å². The summed E-state index contributed by atoms with van der Waals surface area (Å²) in [5.41, 5.74) is 3.11. The van der Waals surface area contributed by atoms with Crippen molar-refractivity contribution in [3.63, 3.8) is 0 Å². The van der Waals surface area contributed by atoms with E-state index in [1.54, 1.807) is 22.9 Å². The van der Waals surface area contributed by atoms with Gasteiger partial charge in [-0.25, -0.2) is 9.37 Å². The highest BCUT2D eigenvalue weighted by Gasteiger charge is 2.30. The van der Waals surface area contributed by atoms with E-state index in [1.165, 1.54) is 42.0 Å². The van der Waals surface area contributed by atoms with Crippen molar-refractivity contribution in [1.82, 2.24) is 9.55 Å². The van der Waals surface area contributed by atoms with Gasteiger partial charge in [-0.1, -0.05) is 25.3 Å². The molecule has 0 bridgehead atoms. The van der Waals surface area contributed by atoms with Gasteiger partial charge in [0.1, 0.15) is 5.82 Å². The molecule has 1 aliphatic carbocycles. The molecule has 186 valence electrons. The third kappa shape index (κ3) is 4.58. The van der Waals surface area contributed by atoms with Gasteiger partial charge in [0, 0.05) is 34.3 Å². The van der Waals surface area contributed by atoms with Crippen LogP contribution in [-0.2, 0) is 17.8 Å². The number of thiazole rings is 1. The number of rotatable bonds is 6. The molecule has 0 aliphatic heterocycles. The van der Waals surface area contributed by atoms with E-state index >= 15 is 0 Å². The minimum atomic E-state index is -0.412. The second kappa shape index (κ2) is 10.3. The van der Waals surface area contributed by atoms with Gasteiger partial charge >= 0.3 is 0 Å². The quantitative estimate of drug-likeness (QED) is 0.368. The molecule has 6 nitrogen and oxygen atoms in total. The number of carbonyl (C=O) groups is 2. The summed E-state index contributed by atoms with van der Waals surface area (Å²) < 4.78 is 15.1. The molecular formula is C28H28FN3O3S. The van der Waals surface area contributed by atoms with Crippen molar-refractivity contribution in [1.29, 1.82) is 0 Å². The van der Waals surface area contributed by atoms with Crippen molar-refractivity contribution < 1.29 is 19.1 Å². The number of hydrogen-bond acceptors (Lipinski definition) is 5. The Morgan fingerprint density at radius 3 is 2.56 bits per heavy atom. The number of aliphatic hydroxyl groups is 1. The summed E-state index contributed by atoms with van der Waals surface area (Å²) in [6, 6.07) is 11.0. The van der Waals surface area contributed by atoms with E-state index in [2.05, 4.69) is 4.98 Å². The molecule has 8 heteroatoms. The standard InChI is InChI=1S/C28H28FN3O3S/c1-18-23(16-26(34)32(28-30-13-14-36-28)22-5-3-2-4-6-22)24-15-19(17-33)7-12-25(24)31(18)27(35)20-8-10-21(29)11-9-20/h7-15,22,33H,2-6,16-17H2,1H3. The van der Waals surface area contributed by atoms with Gasteiger partial charge in [-0.2, -0.15) is 0 Å². The molecule has 2 heterocycles. The highest BCUT2D eigenvalue weighted by Crippen LogP contribution is 2.33. The van der Waals surface area contributed by atoms with Gasteiger partial charge in [0.15, 0.2) is 5.13 Å². The second-order valence-corrected chi connectivity index (χ2v) is 10.1. The van der Waals surface area contributed by atoms with Crippen molar-refractivity contribution in [2.45, 2.75) is 58.1 Å². The Kier molecular flexibility index (Phi) is 6.98. The maximum Gasteiger partial charge on any atom is 0.262 e. The van der Waals surface area contributed by atoms with Crippen LogP contribution in [0.5, 0.6) is 0 Å². The Morgan fingerprint density at radius 1 is 1.14 bits per heavy atom. The number of amides is 1. The van der Waals surface area contributed by atoms with Crippen LogP contribution < -0.4 is 4.90 Å². The molecule has 1 N–H and O–H groups in total. The van der Waals surface area contributed by atoms with Crippen molar-refractivity contribution >= 4 is 39.2 Å². The number of aliphatic hydroxyl groups excluding tert-OH is 1. The highest BCUT2D eigenvalue weighted by atomic mass is 32.1. The number of halogens is 1. The molecule has 36 heavy (non-hydrogen) atoms. The highest BCUT2D eigenvalue weighted by molar-refractivity contribution is 7.13. The monoisotopic (exact) mass is 505 g/mol. The van der Waals surface area contributed by atoms with Crippen LogP contribution in [0.25, 0.3) is 10.9 Å². The van der Waals surface area contributed by atoms with Crippen molar-refractivity contribution in [3.8, 4) is 0 Å². The van der Waals surface area contributed by atoms with E-state index in [-0.39, 0.29) is 30.9 Å². The fraction of sp³-hybridized carbons (Fsp3) is 0.321. The maximum absolute atomic E-state index is 13.9. The Hall–Kier alpha value is -3.36. The molecule has 2 aromatic heterocycles. The van der Waals surface area contributed by atoms with Gasteiger partial charge in [-0.15, -0.1) is 11.3 Å². The summed E-state index contributed by atoms with van der Waals surface area (Å²) in [6.07, 6.45) is 7.08. The molecule has 0 radical (unpaired) electrons. The number of anilines is 1. The van der Waals surface area contributed by atoms with E-state index < -0.39 is 5.82 Å². The summed E-state index contributed by atoms with van der Waals surface area (Å²) in [5.74, 6) is -0.760. The third-order valence-corrected chi connectivity index (χ3v) is 7.81. The summed E-state index contributed by atoms with van der Waals surface area (Å²) in [4.78, 5) is 33.7. The lowest BCUT2D eigenvalue weighted by Crippen LogP contribution is -2.42. The summed E-state index contributed by atoms with van der Waals surface area (Å²) in [6.45, 7) is 1.68. The first-order chi connectivity index (χ1) is 17.5. The number of carbonyl (C=O) groups excluding carboxylic acids is 2. The molecule has 5 rings (SSSR count). The Bertz CT molecular complexity index is 1390. The average Bonchev–Trinajstić information content (AvgIpc) is 3.51. The van der Waals surface area contributed by atoms with Crippen LogP contribution in [0.3, 0.4) is 0 Å². The largest absolute Gasteiger partial charge is 0.392 e. The summed E-state index contributed by atoms with van der Waals surface area (Å²) in [5, 5.41) is 13.1. The third-order valence-electron chi connectivity index (χ3n) is 7.04. The number of hydrogen-bond donors (Lipinski definition) is 1. The topological polar surface area (TPSA) is 75.4 Å². The lowest BCUT2D eigenvalue weighted by Gasteiger charge is -2.32. The molecule has 2 aromatic carbocycles. The van der Waals surface area contributed by atoms with E-state index in [1.807, 2.05) is 23.3 Å². The Labute approximate surface area is 213 Å². The molecule has 1 saturated carbocycles. The van der Waals surface area contributed by atoms with Crippen LogP contribution in [0.1, 0.15) is 59.3 Å². The SMILES string of the molecule is Cc1c(CC(=O)N(c2nccs2)C2CCCCC2)c2cc(CO)ccc2n1C(=O)c1ccc(F)cc1. The van der Waals surface area contributed by atoms with Gasteiger partial charge in [-0.3, -0.25) is 19.1 Å². The number of fused-ring (bicyclic) bond motifs is 1. The average molecular weight is 506 g/mol. The zero-order chi connectivity index (χ0) is 25.2. The fourth-order valence-electron chi connectivity index (χ4n) is 5.21. The van der Waals surface area contributed by atoms with Crippen LogP contribution in [0.4, 0.5) is 9.52 Å². The van der Waals surface area contributed by atoms with Gasteiger partial charge in [0.25, 0.3) is 5.91 Å². The molecule has 0 unspecified atom stereocenters. The van der Waals surface area contributed by atoms with Gasteiger partial charge in [-0.05, 0) is 67.3 Å².